The molecule has 6 nitrogen and oxygen atoms in total. The van der Waals surface area contributed by atoms with Crippen LogP contribution in [-0.2, 0) is 9.53 Å². The van der Waals surface area contributed by atoms with Gasteiger partial charge in [0.1, 0.15) is 0 Å². The van der Waals surface area contributed by atoms with Crippen molar-refractivity contribution >= 4 is 5.97 Å². The molecular formula is C8H13F2N3O3. The first-order valence-corrected chi connectivity index (χ1v) is 4.68. The molecule has 0 aromatic heterocycles. The highest BCUT2D eigenvalue weighted by molar-refractivity contribution is 5.73. The number of ether oxygens (including phenoxy) is 1. The Morgan fingerprint density at radius 1 is 1.69 bits per heavy atom. The minimum Gasteiger partial charge on any atom is -0.479 e. The van der Waals surface area contributed by atoms with Gasteiger partial charge in [-0.15, -0.1) is 0 Å². The minimum absolute atomic E-state index is 0.0701. The van der Waals surface area contributed by atoms with Crippen LogP contribution >= 0.6 is 0 Å². The van der Waals surface area contributed by atoms with E-state index < -0.39 is 24.5 Å². The van der Waals surface area contributed by atoms with Crippen LogP contribution in [0.4, 0.5) is 8.78 Å². The Bertz CT molecular complexity index is 280. The summed E-state index contributed by atoms with van der Waals surface area (Å²) in [5.41, 5.74) is 7.90. The number of carbonyl (C=O) groups is 1. The molecule has 92 valence electrons. The molecule has 0 aromatic rings. The fourth-order valence-electron chi connectivity index (χ4n) is 0.928. The van der Waals surface area contributed by atoms with Gasteiger partial charge in [0.05, 0.1) is 6.54 Å². The molecule has 0 aliphatic heterocycles. The van der Waals surface area contributed by atoms with E-state index >= 15 is 0 Å². The fraction of sp³-hybridized carbons (Fsp3) is 0.875. The van der Waals surface area contributed by atoms with Crippen LogP contribution in [0.5, 0.6) is 0 Å². The molecule has 0 aromatic carbocycles. The van der Waals surface area contributed by atoms with Crippen molar-refractivity contribution < 1.29 is 23.4 Å². The summed E-state index contributed by atoms with van der Waals surface area (Å²) in [7, 11) is 0. The van der Waals surface area contributed by atoms with E-state index in [2.05, 4.69) is 14.8 Å². The summed E-state index contributed by atoms with van der Waals surface area (Å²) in [4.78, 5) is 12.7. The number of hydrogen-bond donors (Lipinski definition) is 1. The molecule has 0 aliphatic rings. The molecular weight excluding hydrogens is 224 g/mol. The molecule has 0 radical (unpaired) electrons. The van der Waals surface area contributed by atoms with Gasteiger partial charge >= 0.3 is 5.97 Å². The van der Waals surface area contributed by atoms with Crippen molar-refractivity contribution in [1.82, 2.24) is 0 Å². The van der Waals surface area contributed by atoms with Crippen LogP contribution in [0.1, 0.15) is 19.8 Å². The average molecular weight is 237 g/mol. The summed E-state index contributed by atoms with van der Waals surface area (Å²) in [5.74, 6) is -5.47. The quantitative estimate of drug-likeness (QED) is 0.303. The van der Waals surface area contributed by atoms with Gasteiger partial charge in [0.15, 0.2) is 0 Å². The first-order chi connectivity index (χ1) is 7.45. The molecule has 0 aliphatic carbocycles. The number of carboxylic acid groups (broad SMARTS) is 1. The summed E-state index contributed by atoms with van der Waals surface area (Å²) < 4.78 is 30.9. The summed E-state index contributed by atoms with van der Waals surface area (Å²) in [5, 5.41) is 11.2. The smallest absolute Gasteiger partial charge is 0.339 e. The summed E-state index contributed by atoms with van der Waals surface area (Å²) in [6, 6.07) is 0. The Balaban J connectivity index is 4.49. The Morgan fingerprint density at radius 2 is 2.31 bits per heavy atom. The lowest BCUT2D eigenvalue weighted by Crippen LogP contribution is -2.44. The predicted octanol–water partition coefficient (Wildman–Crippen LogP) is 2.20. The van der Waals surface area contributed by atoms with Crippen molar-refractivity contribution in [2.24, 2.45) is 5.11 Å². The fourth-order valence-corrected chi connectivity index (χ4v) is 0.928. The molecule has 0 saturated heterocycles. The predicted molar refractivity (Wildman–Crippen MR) is 51.2 cm³/mol. The molecule has 0 unspecified atom stereocenters. The highest BCUT2D eigenvalue weighted by Gasteiger charge is 2.45. The van der Waals surface area contributed by atoms with Crippen LogP contribution in [0.3, 0.4) is 0 Å². The van der Waals surface area contributed by atoms with Crippen LogP contribution in [0.2, 0.25) is 0 Å². The third-order valence-electron chi connectivity index (χ3n) is 1.74. The molecule has 1 atom stereocenters. The van der Waals surface area contributed by atoms with Gasteiger partial charge in [0.2, 0.25) is 6.10 Å². The molecule has 0 saturated carbocycles. The maximum Gasteiger partial charge on any atom is 0.339 e. The van der Waals surface area contributed by atoms with Crippen molar-refractivity contribution in [3.8, 4) is 0 Å². The zero-order valence-corrected chi connectivity index (χ0v) is 8.77. The van der Waals surface area contributed by atoms with E-state index in [0.717, 1.165) is 0 Å². The first-order valence-electron chi connectivity index (χ1n) is 4.68. The molecule has 0 heterocycles. The zero-order valence-electron chi connectivity index (χ0n) is 8.77. The number of aliphatic carboxylic acids is 1. The molecule has 1 N–H and O–H groups in total. The minimum atomic E-state index is -3.70. The lowest BCUT2D eigenvalue weighted by atomic mass is 10.2. The number of alkyl halides is 2. The van der Waals surface area contributed by atoms with Crippen molar-refractivity contribution in [3.05, 3.63) is 10.4 Å². The van der Waals surface area contributed by atoms with E-state index in [1.807, 2.05) is 6.92 Å². The molecule has 8 heteroatoms. The van der Waals surface area contributed by atoms with Crippen LogP contribution in [-0.4, -0.2) is 36.3 Å². The van der Waals surface area contributed by atoms with Crippen molar-refractivity contribution in [2.45, 2.75) is 31.8 Å². The van der Waals surface area contributed by atoms with Gasteiger partial charge in [-0.25, -0.2) is 13.6 Å². The Labute approximate surface area is 90.8 Å². The standard InChI is InChI=1S/C8H13F2N3O3/c1-2-3-4-16-6(7(14)15)8(9,10)5-12-13-11/h6H,2-5H2,1H3,(H,14,15)/t6-/m1/s1. The Hall–Kier alpha value is -1.40. The molecule has 16 heavy (non-hydrogen) atoms. The van der Waals surface area contributed by atoms with Gasteiger partial charge in [-0.1, -0.05) is 18.5 Å². The van der Waals surface area contributed by atoms with Crippen molar-refractivity contribution in [2.75, 3.05) is 13.2 Å². The topological polar surface area (TPSA) is 95.3 Å². The zero-order chi connectivity index (χ0) is 12.6. The van der Waals surface area contributed by atoms with E-state index in [1.165, 1.54) is 0 Å². The second-order valence-corrected chi connectivity index (χ2v) is 3.09. The monoisotopic (exact) mass is 237 g/mol. The van der Waals surface area contributed by atoms with Crippen molar-refractivity contribution in [1.29, 1.82) is 0 Å². The van der Waals surface area contributed by atoms with Crippen LogP contribution in [0.25, 0.3) is 10.4 Å². The second-order valence-electron chi connectivity index (χ2n) is 3.09. The van der Waals surface area contributed by atoms with E-state index in [1.54, 1.807) is 0 Å². The van der Waals surface area contributed by atoms with Gasteiger partial charge in [-0.2, -0.15) is 0 Å². The van der Waals surface area contributed by atoms with Crippen LogP contribution in [0.15, 0.2) is 5.11 Å². The van der Waals surface area contributed by atoms with Crippen LogP contribution in [0, 0.1) is 0 Å². The van der Waals surface area contributed by atoms with Gasteiger partial charge < -0.3 is 9.84 Å². The molecule has 0 amide bonds. The number of azide groups is 1. The third-order valence-corrected chi connectivity index (χ3v) is 1.74. The Morgan fingerprint density at radius 3 is 2.75 bits per heavy atom. The summed E-state index contributed by atoms with van der Waals surface area (Å²) >= 11 is 0. The van der Waals surface area contributed by atoms with Gasteiger partial charge in [0, 0.05) is 11.5 Å². The highest BCUT2D eigenvalue weighted by Crippen LogP contribution is 2.22. The maximum absolute atomic E-state index is 13.2. The number of carboxylic acids is 1. The van der Waals surface area contributed by atoms with Gasteiger partial charge in [0.25, 0.3) is 5.92 Å². The SMILES string of the molecule is CCCCO[C@H](C(=O)O)C(F)(F)CN=[N+]=[N-]. The Kier molecular flexibility index (Phi) is 6.36. The third kappa shape index (κ3) is 4.90. The van der Waals surface area contributed by atoms with E-state index in [0.29, 0.717) is 12.8 Å². The number of unbranched alkanes of at least 4 members (excludes halogenated alkanes) is 1. The van der Waals surface area contributed by atoms with Gasteiger partial charge in [-0.3, -0.25) is 0 Å². The average Bonchev–Trinajstić information content (AvgIpc) is 2.20. The number of halogens is 2. The van der Waals surface area contributed by atoms with Gasteiger partial charge in [-0.05, 0) is 12.0 Å². The molecule has 0 bridgehead atoms. The second kappa shape index (κ2) is 6.97. The summed E-state index contributed by atoms with van der Waals surface area (Å²) in [6.07, 6.45) is -1.08. The molecule has 0 rings (SSSR count). The molecule has 0 spiro atoms. The first kappa shape index (κ1) is 14.6. The lowest BCUT2D eigenvalue weighted by Gasteiger charge is -2.22. The van der Waals surface area contributed by atoms with Crippen molar-refractivity contribution in [3.63, 3.8) is 0 Å². The number of hydrogen-bond acceptors (Lipinski definition) is 3. The number of nitrogens with zero attached hydrogens (tertiary/aromatic N) is 3. The molecule has 0 fully saturated rings. The number of rotatable bonds is 8. The lowest BCUT2D eigenvalue weighted by molar-refractivity contribution is -0.178. The van der Waals surface area contributed by atoms with Crippen LogP contribution < -0.4 is 0 Å². The normalized spacial score (nSPS) is 12.9. The van der Waals surface area contributed by atoms with E-state index in [4.69, 9.17) is 10.6 Å². The summed E-state index contributed by atoms with van der Waals surface area (Å²) in [6.45, 7) is 0.517. The van der Waals surface area contributed by atoms with E-state index in [-0.39, 0.29) is 6.61 Å². The largest absolute Gasteiger partial charge is 0.479 e. The maximum atomic E-state index is 13.2. The highest BCUT2D eigenvalue weighted by atomic mass is 19.3. The van der Waals surface area contributed by atoms with E-state index in [9.17, 15) is 13.6 Å².